The molecule has 0 radical (unpaired) electrons. The molecule has 2 N–H and O–H groups in total. The molecule has 2 rings (SSSR count). The van der Waals surface area contributed by atoms with Gasteiger partial charge in [0.2, 0.25) is 0 Å². The van der Waals surface area contributed by atoms with Crippen LogP contribution in [0.2, 0.25) is 0 Å². The van der Waals surface area contributed by atoms with E-state index in [-0.39, 0.29) is 11.7 Å². The molecule has 2 aromatic rings. The number of phenols is 1. The van der Waals surface area contributed by atoms with Gasteiger partial charge in [-0.1, -0.05) is 30.3 Å². The molecule has 0 saturated carbocycles. The van der Waals surface area contributed by atoms with E-state index in [1.165, 1.54) is 0 Å². The number of hydrogen-bond acceptors (Lipinski definition) is 3. The highest BCUT2D eigenvalue weighted by atomic mass is 16.3. The van der Waals surface area contributed by atoms with Crippen LogP contribution in [0.1, 0.15) is 16.8 Å². The fourth-order valence-electron chi connectivity index (χ4n) is 2.18. The minimum absolute atomic E-state index is 0.0220. The lowest BCUT2D eigenvalue weighted by molar-refractivity contribution is 0.0951. The van der Waals surface area contributed by atoms with E-state index in [4.69, 9.17) is 0 Å². The van der Waals surface area contributed by atoms with Gasteiger partial charge >= 0.3 is 0 Å². The van der Waals surface area contributed by atoms with Crippen LogP contribution in [0.3, 0.4) is 0 Å². The first kappa shape index (κ1) is 14.3. The third kappa shape index (κ3) is 3.27. The molecular weight excluding hydrogens is 252 g/mol. The number of phenolic OH excluding ortho intramolecular Hbond substituents is 1. The molecule has 0 saturated heterocycles. The zero-order chi connectivity index (χ0) is 14.5. The Balaban J connectivity index is 2.15. The zero-order valence-corrected chi connectivity index (χ0v) is 11.9. The molecule has 0 aromatic heterocycles. The van der Waals surface area contributed by atoms with E-state index in [0.29, 0.717) is 12.1 Å². The maximum atomic E-state index is 12.2. The van der Waals surface area contributed by atoms with Crippen molar-refractivity contribution < 1.29 is 9.90 Å². The number of hydrogen-bond donors (Lipinski definition) is 2. The highest BCUT2D eigenvalue weighted by Gasteiger charge is 2.14. The Morgan fingerprint density at radius 1 is 1.20 bits per heavy atom. The third-order valence-electron chi connectivity index (χ3n) is 3.20. The van der Waals surface area contributed by atoms with Gasteiger partial charge in [-0.25, -0.2) is 0 Å². The molecule has 0 fully saturated rings. The van der Waals surface area contributed by atoms with Crippen LogP contribution in [0.15, 0.2) is 36.4 Å². The Labute approximate surface area is 119 Å². The van der Waals surface area contributed by atoms with E-state index >= 15 is 0 Å². The van der Waals surface area contributed by atoms with Gasteiger partial charge in [-0.2, -0.15) is 0 Å². The molecule has 0 bridgehead atoms. The van der Waals surface area contributed by atoms with E-state index in [1.54, 1.807) is 6.07 Å². The van der Waals surface area contributed by atoms with Crippen molar-refractivity contribution in [3.05, 3.63) is 42.0 Å². The first-order valence-electron chi connectivity index (χ1n) is 6.73. The van der Waals surface area contributed by atoms with Crippen LogP contribution >= 0.6 is 0 Å². The summed E-state index contributed by atoms with van der Waals surface area (Å²) < 4.78 is 0. The number of aromatic hydroxyl groups is 1. The van der Waals surface area contributed by atoms with E-state index in [1.807, 2.05) is 44.4 Å². The van der Waals surface area contributed by atoms with Gasteiger partial charge in [0.05, 0.1) is 5.56 Å². The molecule has 4 heteroatoms. The molecule has 1 amide bonds. The van der Waals surface area contributed by atoms with Crippen molar-refractivity contribution in [2.24, 2.45) is 0 Å². The lowest BCUT2D eigenvalue weighted by atomic mass is 10.0. The van der Waals surface area contributed by atoms with E-state index in [9.17, 15) is 9.90 Å². The van der Waals surface area contributed by atoms with Crippen molar-refractivity contribution >= 4 is 16.7 Å². The van der Waals surface area contributed by atoms with Crippen molar-refractivity contribution in [1.29, 1.82) is 0 Å². The molecule has 0 aliphatic heterocycles. The zero-order valence-electron chi connectivity index (χ0n) is 11.9. The van der Waals surface area contributed by atoms with Crippen molar-refractivity contribution in [2.75, 3.05) is 27.2 Å². The van der Waals surface area contributed by atoms with Gasteiger partial charge in [0.15, 0.2) is 0 Å². The largest absolute Gasteiger partial charge is 0.507 e. The van der Waals surface area contributed by atoms with Crippen molar-refractivity contribution in [3.8, 4) is 5.75 Å². The number of fused-ring (bicyclic) bond motifs is 1. The standard InChI is InChI=1S/C16H20N2O2/c1-18(2)11-5-10-17-16(20)15-13-7-4-3-6-12(13)8-9-14(15)19/h3-4,6-9,19H,5,10-11H2,1-2H3,(H,17,20). The first-order chi connectivity index (χ1) is 9.59. The number of carbonyl (C=O) groups is 1. The highest BCUT2D eigenvalue weighted by molar-refractivity contribution is 6.09. The van der Waals surface area contributed by atoms with Crippen LogP contribution in [-0.4, -0.2) is 43.1 Å². The third-order valence-corrected chi connectivity index (χ3v) is 3.20. The molecule has 4 nitrogen and oxygen atoms in total. The maximum absolute atomic E-state index is 12.2. The molecule has 0 heterocycles. The molecule has 0 aliphatic rings. The molecule has 0 aliphatic carbocycles. The summed E-state index contributed by atoms with van der Waals surface area (Å²) in [5.41, 5.74) is 0.355. The van der Waals surface area contributed by atoms with Crippen LogP contribution in [0, 0.1) is 0 Å². The van der Waals surface area contributed by atoms with Crippen LogP contribution in [0.5, 0.6) is 5.75 Å². The molecule has 0 spiro atoms. The maximum Gasteiger partial charge on any atom is 0.255 e. The number of benzene rings is 2. The second kappa shape index (κ2) is 6.39. The smallest absolute Gasteiger partial charge is 0.255 e. The summed E-state index contributed by atoms with van der Waals surface area (Å²) in [6.07, 6.45) is 0.879. The van der Waals surface area contributed by atoms with Crippen LogP contribution in [0.25, 0.3) is 10.8 Å². The van der Waals surface area contributed by atoms with Crippen LogP contribution < -0.4 is 5.32 Å². The normalized spacial score (nSPS) is 10.9. The average molecular weight is 272 g/mol. The van der Waals surface area contributed by atoms with Crippen molar-refractivity contribution in [2.45, 2.75) is 6.42 Å². The Bertz CT molecular complexity index is 608. The Hall–Kier alpha value is -2.07. The van der Waals surface area contributed by atoms with Crippen molar-refractivity contribution in [1.82, 2.24) is 10.2 Å². The van der Waals surface area contributed by atoms with Gasteiger partial charge in [-0.05, 0) is 43.9 Å². The van der Waals surface area contributed by atoms with Crippen LogP contribution in [-0.2, 0) is 0 Å². The van der Waals surface area contributed by atoms with Gasteiger partial charge in [0, 0.05) is 6.54 Å². The van der Waals surface area contributed by atoms with Gasteiger partial charge < -0.3 is 15.3 Å². The number of nitrogens with one attached hydrogen (secondary N) is 1. The summed E-state index contributed by atoms with van der Waals surface area (Å²) in [6.45, 7) is 1.52. The summed E-state index contributed by atoms with van der Waals surface area (Å²) in [5.74, 6) is -0.202. The fourth-order valence-corrected chi connectivity index (χ4v) is 2.18. The fraction of sp³-hybridized carbons (Fsp3) is 0.312. The Morgan fingerprint density at radius 2 is 1.95 bits per heavy atom. The Kier molecular flexibility index (Phi) is 4.58. The number of nitrogens with zero attached hydrogens (tertiary/aromatic N) is 1. The molecular formula is C16H20N2O2. The minimum atomic E-state index is -0.224. The topological polar surface area (TPSA) is 52.6 Å². The van der Waals surface area contributed by atoms with Crippen LogP contribution in [0.4, 0.5) is 0 Å². The molecule has 0 unspecified atom stereocenters. The molecule has 2 aromatic carbocycles. The second-order valence-corrected chi connectivity index (χ2v) is 5.09. The summed E-state index contributed by atoms with van der Waals surface area (Å²) in [4.78, 5) is 14.3. The molecule has 106 valence electrons. The lowest BCUT2D eigenvalue weighted by Gasteiger charge is -2.12. The SMILES string of the molecule is CN(C)CCCNC(=O)c1c(O)ccc2ccccc12. The number of carbonyl (C=O) groups excluding carboxylic acids is 1. The molecule has 20 heavy (non-hydrogen) atoms. The van der Waals surface area contributed by atoms with Crippen molar-refractivity contribution in [3.63, 3.8) is 0 Å². The van der Waals surface area contributed by atoms with Gasteiger partial charge in [0.1, 0.15) is 5.75 Å². The lowest BCUT2D eigenvalue weighted by Crippen LogP contribution is -2.27. The van der Waals surface area contributed by atoms with Gasteiger partial charge in [-0.3, -0.25) is 4.79 Å². The summed E-state index contributed by atoms with van der Waals surface area (Å²) in [6, 6.07) is 10.9. The summed E-state index contributed by atoms with van der Waals surface area (Å²) in [5, 5.41) is 14.5. The first-order valence-corrected chi connectivity index (χ1v) is 6.73. The highest BCUT2D eigenvalue weighted by Crippen LogP contribution is 2.26. The predicted molar refractivity (Wildman–Crippen MR) is 81.1 cm³/mol. The number of rotatable bonds is 5. The predicted octanol–water partition coefficient (Wildman–Crippen LogP) is 2.23. The van der Waals surface area contributed by atoms with E-state index in [2.05, 4.69) is 10.2 Å². The molecule has 0 atom stereocenters. The number of amides is 1. The Morgan fingerprint density at radius 3 is 2.70 bits per heavy atom. The van der Waals surface area contributed by atoms with E-state index in [0.717, 1.165) is 23.7 Å². The van der Waals surface area contributed by atoms with Gasteiger partial charge in [-0.15, -0.1) is 0 Å². The second-order valence-electron chi connectivity index (χ2n) is 5.09. The summed E-state index contributed by atoms with van der Waals surface area (Å²) in [7, 11) is 4.00. The monoisotopic (exact) mass is 272 g/mol. The minimum Gasteiger partial charge on any atom is -0.507 e. The summed E-state index contributed by atoms with van der Waals surface area (Å²) >= 11 is 0. The van der Waals surface area contributed by atoms with E-state index < -0.39 is 0 Å². The average Bonchev–Trinajstić information content (AvgIpc) is 2.43. The van der Waals surface area contributed by atoms with Gasteiger partial charge in [0.25, 0.3) is 5.91 Å². The quantitative estimate of drug-likeness (QED) is 0.821.